The second-order valence-electron chi connectivity index (χ2n) is 5.47. The quantitative estimate of drug-likeness (QED) is 0.501. The summed E-state index contributed by atoms with van der Waals surface area (Å²) in [7, 11) is 0. The second kappa shape index (κ2) is 5.58. The Hall–Kier alpha value is -3.13. The maximum atomic E-state index is 12.1. The molecule has 0 N–H and O–H groups in total. The van der Waals surface area contributed by atoms with Crippen LogP contribution < -0.4 is 0 Å². The van der Waals surface area contributed by atoms with Gasteiger partial charge in [-0.2, -0.15) is 0 Å². The zero-order valence-electron chi connectivity index (χ0n) is 12.4. The minimum absolute atomic E-state index is 0.308. The summed E-state index contributed by atoms with van der Waals surface area (Å²) >= 11 is 0. The molecule has 3 aromatic rings. The van der Waals surface area contributed by atoms with Crippen LogP contribution in [0.4, 0.5) is 0 Å². The molecule has 0 radical (unpaired) electrons. The Kier molecular flexibility index (Phi) is 3.28. The molecule has 2 nitrogen and oxygen atoms in total. The first-order valence-electron chi connectivity index (χ1n) is 7.49. The first-order chi connectivity index (χ1) is 11.3. The highest BCUT2D eigenvalue weighted by molar-refractivity contribution is 6.05. The van der Waals surface area contributed by atoms with Gasteiger partial charge >= 0.3 is 5.97 Å². The van der Waals surface area contributed by atoms with Crippen molar-refractivity contribution in [2.45, 2.75) is 0 Å². The summed E-state index contributed by atoms with van der Waals surface area (Å²) in [6.07, 6.45) is 3.65. The molecule has 0 aliphatic carbocycles. The Morgan fingerprint density at radius 3 is 2.35 bits per heavy atom. The molecule has 4 rings (SSSR count). The van der Waals surface area contributed by atoms with Gasteiger partial charge < -0.3 is 4.74 Å². The number of cyclic esters (lactones) is 1. The Morgan fingerprint density at radius 1 is 0.783 bits per heavy atom. The SMILES string of the molecule is O=C1OC(c2ccc3ccccc3c2)=C/C1=C/c1ccccc1. The zero-order chi connectivity index (χ0) is 15.6. The molecule has 1 aliphatic heterocycles. The molecular weight excluding hydrogens is 284 g/mol. The van der Waals surface area contributed by atoms with Crippen LogP contribution in [0.15, 0.2) is 84.4 Å². The van der Waals surface area contributed by atoms with Crippen molar-refractivity contribution in [3.8, 4) is 0 Å². The molecule has 1 aliphatic rings. The number of hydrogen-bond acceptors (Lipinski definition) is 2. The standard InChI is InChI=1S/C21H14O2/c22-21-19(12-15-6-2-1-3-7-15)14-20(23-21)18-11-10-16-8-4-5-9-17(16)13-18/h1-14H/b19-12-. The fourth-order valence-electron chi connectivity index (χ4n) is 2.70. The van der Waals surface area contributed by atoms with E-state index >= 15 is 0 Å². The first-order valence-corrected chi connectivity index (χ1v) is 7.49. The summed E-state index contributed by atoms with van der Waals surface area (Å²) in [6, 6.07) is 24.0. The van der Waals surface area contributed by atoms with E-state index in [0.717, 1.165) is 16.5 Å². The Labute approximate surface area is 134 Å². The van der Waals surface area contributed by atoms with Crippen LogP contribution in [0.3, 0.4) is 0 Å². The number of benzene rings is 3. The highest BCUT2D eigenvalue weighted by atomic mass is 16.5. The number of fused-ring (bicyclic) bond motifs is 1. The van der Waals surface area contributed by atoms with Gasteiger partial charge in [0.25, 0.3) is 0 Å². The van der Waals surface area contributed by atoms with E-state index in [4.69, 9.17) is 4.74 Å². The molecule has 0 aromatic heterocycles. The van der Waals surface area contributed by atoms with E-state index in [0.29, 0.717) is 11.3 Å². The van der Waals surface area contributed by atoms with Gasteiger partial charge in [-0.3, -0.25) is 0 Å². The van der Waals surface area contributed by atoms with Gasteiger partial charge in [0.1, 0.15) is 5.76 Å². The molecule has 2 heteroatoms. The van der Waals surface area contributed by atoms with Gasteiger partial charge in [0.05, 0.1) is 5.57 Å². The van der Waals surface area contributed by atoms with Crippen LogP contribution in [0, 0.1) is 0 Å². The third-order valence-electron chi connectivity index (χ3n) is 3.88. The minimum atomic E-state index is -0.308. The lowest BCUT2D eigenvalue weighted by Gasteiger charge is -2.03. The van der Waals surface area contributed by atoms with Crippen LogP contribution in [-0.4, -0.2) is 5.97 Å². The van der Waals surface area contributed by atoms with Crippen molar-refractivity contribution in [2.24, 2.45) is 0 Å². The first kappa shape index (κ1) is 13.5. The van der Waals surface area contributed by atoms with Gasteiger partial charge in [-0.15, -0.1) is 0 Å². The van der Waals surface area contributed by atoms with Crippen LogP contribution in [0.25, 0.3) is 22.6 Å². The Balaban J connectivity index is 1.72. The fourth-order valence-corrected chi connectivity index (χ4v) is 2.70. The van der Waals surface area contributed by atoms with Crippen molar-refractivity contribution in [3.63, 3.8) is 0 Å². The van der Waals surface area contributed by atoms with E-state index in [1.54, 1.807) is 6.08 Å². The van der Waals surface area contributed by atoms with Crippen molar-refractivity contribution in [3.05, 3.63) is 95.6 Å². The maximum absolute atomic E-state index is 12.1. The molecule has 0 amide bonds. The van der Waals surface area contributed by atoms with Crippen molar-refractivity contribution in [1.29, 1.82) is 0 Å². The number of ether oxygens (including phenoxy) is 1. The molecular formula is C21H14O2. The van der Waals surface area contributed by atoms with Crippen molar-refractivity contribution < 1.29 is 9.53 Å². The van der Waals surface area contributed by atoms with Gasteiger partial charge in [0, 0.05) is 5.56 Å². The second-order valence-corrected chi connectivity index (χ2v) is 5.47. The van der Waals surface area contributed by atoms with E-state index in [9.17, 15) is 4.79 Å². The van der Waals surface area contributed by atoms with Crippen molar-refractivity contribution in [2.75, 3.05) is 0 Å². The molecule has 110 valence electrons. The lowest BCUT2D eigenvalue weighted by Crippen LogP contribution is -1.97. The molecule has 1 heterocycles. The summed E-state index contributed by atoms with van der Waals surface area (Å²) in [5, 5.41) is 2.30. The molecule has 0 bridgehead atoms. The summed E-state index contributed by atoms with van der Waals surface area (Å²) in [4.78, 5) is 12.1. The van der Waals surface area contributed by atoms with Crippen LogP contribution in [0.2, 0.25) is 0 Å². The Bertz CT molecular complexity index is 950. The van der Waals surface area contributed by atoms with E-state index in [-0.39, 0.29) is 5.97 Å². The molecule has 0 saturated carbocycles. The lowest BCUT2D eigenvalue weighted by atomic mass is 10.1. The molecule has 0 fully saturated rings. The van der Waals surface area contributed by atoms with Gasteiger partial charge in [-0.1, -0.05) is 66.7 Å². The molecule has 0 unspecified atom stereocenters. The molecule has 0 atom stereocenters. The smallest absolute Gasteiger partial charge is 0.343 e. The molecule has 0 saturated heterocycles. The van der Waals surface area contributed by atoms with Crippen LogP contribution >= 0.6 is 0 Å². The number of hydrogen-bond donors (Lipinski definition) is 0. The van der Waals surface area contributed by atoms with E-state index in [2.05, 4.69) is 12.1 Å². The predicted octanol–water partition coefficient (Wildman–Crippen LogP) is 4.82. The van der Waals surface area contributed by atoms with Gasteiger partial charge in [0.2, 0.25) is 0 Å². The Morgan fingerprint density at radius 2 is 1.52 bits per heavy atom. The van der Waals surface area contributed by atoms with Crippen LogP contribution in [0.1, 0.15) is 11.1 Å². The molecule has 0 spiro atoms. The summed E-state index contributed by atoms with van der Waals surface area (Å²) < 4.78 is 5.44. The number of carbonyl (C=O) groups excluding carboxylic acids is 1. The molecule has 3 aromatic carbocycles. The minimum Gasteiger partial charge on any atom is -0.422 e. The normalized spacial score (nSPS) is 15.7. The van der Waals surface area contributed by atoms with Crippen molar-refractivity contribution >= 4 is 28.6 Å². The average molecular weight is 298 g/mol. The number of carbonyl (C=O) groups is 1. The van der Waals surface area contributed by atoms with Gasteiger partial charge in [-0.05, 0) is 34.6 Å². The average Bonchev–Trinajstić information content (AvgIpc) is 2.96. The predicted molar refractivity (Wildman–Crippen MR) is 92.4 cm³/mol. The summed E-state index contributed by atoms with van der Waals surface area (Å²) in [5.74, 6) is 0.292. The third kappa shape index (κ3) is 2.67. The van der Waals surface area contributed by atoms with E-state index in [1.807, 2.05) is 66.7 Å². The summed E-state index contributed by atoms with van der Waals surface area (Å²) in [6.45, 7) is 0. The zero-order valence-corrected chi connectivity index (χ0v) is 12.4. The summed E-state index contributed by atoms with van der Waals surface area (Å²) in [5.41, 5.74) is 2.46. The third-order valence-corrected chi connectivity index (χ3v) is 3.88. The van der Waals surface area contributed by atoms with Gasteiger partial charge in [0.15, 0.2) is 0 Å². The highest BCUT2D eigenvalue weighted by Crippen LogP contribution is 2.29. The maximum Gasteiger partial charge on any atom is 0.343 e. The highest BCUT2D eigenvalue weighted by Gasteiger charge is 2.22. The van der Waals surface area contributed by atoms with E-state index in [1.165, 1.54) is 5.39 Å². The van der Waals surface area contributed by atoms with Crippen LogP contribution in [-0.2, 0) is 9.53 Å². The van der Waals surface area contributed by atoms with Gasteiger partial charge in [-0.25, -0.2) is 4.79 Å². The lowest BCUT2D eigenvalue weighted by molar-refractivity contribution is -0.130. The largest absolute Gasteiger partial charge is 0.422 e. The number of rotatable bonds is 2. The van der Waals surface area contributed by atoms with Crippen LogP contribution in [0.5, 0.6) is 0 Å². The topological polar surface area (TPSA) is 26.3 Å². The van der Waals surface area contributed by atoms with E-state index < -0.39 is 0 Å². The molecule has 23 heavy (non-hydrogen) atoms. The van der Waals surface area contributed by atoms with Crippen molar-refractivity contribution in [1.82, 2.24) is 0 Å². The monoisotopic (exact) mass is 298 g/mol. The number of esters is 1. The fraction of sp³-hybridized carbons (Fsp3) is 0.